The summed E-state index contributed by atoms with van der Waals surface area (Å²) in [4.78, 5) is 29.9. The molecule has 102 heavy (non-hydrogen) atoms. The van der Waals surface area contributed by atoms with Crippen LogP contribution in [0.1, 0.15) is 230 Å². The van der Waals surface area contributed by atoms with Gasteiger partial charge < -0.3 is 28.0 Å². The minimum absolute atomic E-state index is 0.197. The number of hydrogen-bond donors (Lipinski definition) is 0. The molecular weight excluding hydrogens is 1290 g/mol. The van der Waals surface area contributed by atoms with Gasteiger partial charge in [-0.1, -0.05) is 307 Å². The van der Waals surface area contributed by atoms with Crippen molar-refractivity contribution < 1.29 is 37.6 Å². The van der Waals surface area contributed by atoms with Gasteiger partial charge in [0.25, 0.3) is 0 Å². The molecule has 8 aromatic rings. The molecular formula is C92H114O8P2. The van der Waals surface area contributed by atoms with Crippen LogP contribution in [0.5, 0.6) is 23.0 Å². The lowest BCUT2D eigenvalue weighted by molar-refractivity contribution is -0.159. The van der Waals surface area contributed by atoms with Gasteiger partial charge in [-0.05, 0) is 150 Å². The molecule has 0 radical (unpaired) electrons. The summed E-state index contributed by atoms with van der Waals surface area (Å²) < 4.78 is 44.1. The molecule has 2 fully saturated rings. The molecule has 10 heteroatoms. The van der Waals surface area contributed by atoms with E-state index in [9.17, 15) is 9.59 Å². The van der Waals surface area contributed by atoms with Crippen LogP contribution in [-0.4, -0.2) is 37.4 Å². The van der Waals surface area contributed by atoms with Gasteiger partial charge in [-0.15, -0.1) is 0 Å². The maximum atomic E-state index is 14.9. The van der Waals surface area contributed by atoms with Crippen molar-refractivity contribution in [1.29, 1.82) is 0 Å². The third-order valence-electron chi connectivity index (χ3n) is 21.4. The fourth-order valence-corrected chi connectivity index (χ4v) is 19.0. The zero-order valence-corrected chi connectivity index (χ0v) is 66.2. The number of rotatable bonds is 18. The van der Waals surface area contributed by atoms with E-state index in [1.807, 2.05) is 0 Å². The van der Waals surface area contributed by atoms with Crippen LogP contribution in [0.15, 0.2) is 170 Å². The molecule has 0 aromatic heterocycles. The highest BCUT2D eigenvalue weighted by molar-refractivity contribution is 7.69. The molecule has 8 aromatic carbocycles. The fourth-order valence-electron chi connectivity index (χ4n) is 15.3. The minimum atomic E-state index is -1.48. The Morgan fingerprint density at radius 3 is 0.824 bits per heavy atom. The number of benzene rings is 8. The first-order chi connectivity index (χ1) is 48.3. The van der Waals surface area contributed by atoms with Crippen molar-refractivity contribution in [1.82, 2.24) is 0 Å². The predicted molar refractivity (Wildman–Crippen MR) is 425 cm³/mol. The van der Waals surface area contributed by atoms with Crippen molar-refractivity contribution >= 4 is 49.5 Å². The highest BCUT2D eigenvalue weighted by Crippen LogP contribution is 2.50. The minimum Gasteiger partial charge on any atom is -0.481 e. The van der Waals surface area contributed by atoms with E-state index in [4.69, 9.17) is 28.0 Å². The standard InChI is InChI=1S/C92H114O8P2/c1-59(2)79-41-39-61(5)43-81(79)97-83(93)57-95-85-63-45-67-53-73(91(13,14)15)55-69(87(67)99-101(75-31-23-19-24-32-75)76-33-25-20-26-34-76)47-65-51-72(90(10,11)12)52-66(86(65)96-58-84(94)98-82-44-62(6)40-42-80(82)60(3)4)48-70-56-74(92(16,17)18)54-68(46-64(85)50-71(49-63)89(7,8)9)88(70)100-102(77-35-27-21-28-36-77)78-37-29-22-30-38-78/h19-38,49-56,59-62,79-82H,39-48,57-58H2,1-18H3/t61-,62?,79+,80?,81-,82?/m1/s1. The van der Waals surface area contributed by atoms with Crippen LogP contribution in [0.3, 0.4) is 0 Å². The van der Waals surface area contributed by atoms with Gasteiger partial charge in [0, 0.05) is 46.9 Å². The molecule has 0 amide bonds. The van der Waals surface area contributed by atoms with E-state index in [0.717, 1.165) is 138 Å². The van der Waals surface area contributed by atoms with Gasteiger partial charge in [0.1, 0.15) is 35.2 Å². The van der Waals surface area contributed by atoms with Gasteiger partial charge in [0.15, 0.2) is 29.5 Å². The number of esters is 2. The summed E-state index contributed by atoms with van der Waals surface area (Å²) in [6.45, 7) is 40.5. The molecule has 540 valence electrons. The van der Waals surface area contributed by atoms with Gasteiger partial charge in [0.05, 0.1) is 0 Å². The van der Waals surface area contributed by atoms with Gasteiger partial charge in [-0.25, -0.2) is 9.59 Å². The average Bonchev–Trinajstić information content (AvgIpc) is 0.758. The lowest BCUT2D eigenvalue weighted by atomic mass is 9.75. The lowest BCUT2D eigenvalue weighted by Gasteiger charge is -2.36. The SMILES string of the molecule is CC1CCC(C(C)C)C(OC(=O)COc2c3cc(C(C)(C)C)cc2Cc2cc(C(C)(C)C)cc(c2OP(c2ccccc2)c2ccccc2)Cc2cc(C(C)(C)C)cc(c2OCC(=O)O[C@@H]2C[C@H](C)CC[C@H]2C(C)C)Cc2cc(C(C)(C)C)cc(c2OP(c2ccccc2)c2ccccc2)C3)C1. The quantitative estimate of drug-likeness (QED) is 0.0620. The molecule has 0 spiro atoms. The molecule has 8 bridgehead atoms. The summed E-state index contributed by atoms with van der Waals surface area (Å²) in [7, 11) is -2.96. The van der Waals surface area contributed by atoms with Gasteiger partial charge in [0.2, 0.25) is 0 Å². The van der Waals surface area contributed by atoms with Crippen LogP contribution in [0.25, 0.3) is 0 Å². The summed E-state index contributed by atoms with van der Waals surface area (Å²) in [5.74, 6) is 4.30. The molecule has 3 aliphatic rings. The Hall–Kier alpha value is -7.24. The second kappa shape index (κ2) is 32.0. The number of fused-ring (bicyclic) bond motifs is 8. The van der Waals surface area contributed by atoms with E-state index in [0.29, 0.717) is 60.9 Å². The second-order valence-electron chi connectivity index (χ2n) is 34.6. The van der Waals surface area contributed by atoms with Crippen molar-refractivity contribution in [3.8, 4) is 23.0 Å². The molecule has 0 N–H and O–H groups in total. The maximum Gasteiger partial charge on any atom is 0.344 e. The first-order valence-electron chi connectivity index (χ1n) is 37.8. The van der Waals surface area contributed by atoms with Crippen LogP contribution in [0.4, 0.5) is 0 Å². The Balaban J connectivity index is 1.22. The molecule has 8 nitrogen and oxygen atoms in total. The molecule has 0 aliphatic heterocycles. The summed E-state index contributed by atoms with van der Waals surface area (Å²) in [5, 5.41) is 4.31. The second-order valence-corrected chi connectivity index (χ2v) is 38.2. The largest absolute Gasteiger partial charge is 0.481 e. The molecule has 3 aliphatic carbocycles. The van der Waals surface area contributed by atoms with Crippen LogP contribution in [0, 0.1) is 35.5 Å². The average molecular weight is 1410 g/mol. The number of hydrogen-bond acceptors (Lipinski definition) is 8. The molecule has 3 unspecified atom stereocenters. The molecule has 0 saturated heterocycles. The Morgan fingerprint density at radius 1 is 0.363 bits per heavy atom. The van der Waals surface area contributed by atoms with E-state index in [2.05, 4.69) is 294 Å². The number of carbonyl (C=O) groups excluding carboxylic acids is 2. The number of carbonyl (C=O) groups is 2. The van der Waals surface area contributed by atoms with Crippen LogP contribution in [-0.2, 0) is 66.4 Å². The molecule has 11 rings (SSSR count). The normalized spacial score (nSPS) is 19.0. The first kappa shape index (κ1) is 75.9. The monoisotopic (exact) mass is 1410 g/mol. The molecule has 0 heterocycles. The third-order valence-corrected chi connectivity index (χ3v) is 25.2. The van der Waals surface area contributed by atoms with E-state index >= 15 is 0 Å². The van der Waals surface area contributed by atoms with Gasteiger partial charge >= 0.3 is 11.9 Å². The predicted octanol–water partition coefficient (Wildman–Crippen LogP) is 21.2. The highest BCUT2D eigenvalue weighted by atomic mass is 31.1. The van der Waals surface area contributed by atoms with Gasteiger partial charge in [-0.3, -0.25) is 0 Å². The fraction of sp³-hybridized carbons (Fsp3) is 0.457. The number of ether oxygens (including phenoxy) is 4. The zero-order chi connectivity index (χ0) is 73.0. The van der Waals surface area contributed by atoms with Crippen molar-refractivity contribution in [3.05, 3.63) is 237 Å². The summed E-state index contributed by atoms with van der Waals surface area (Å²) in [6, 6.07) is 61.3. The van der Waals surface area contributed by atoms with Crippen LogP contribution in [0.2, 0.25) is 0 Å². The maximum absolute atomic E-state index is 14.9. The van der Waals surface area contributed by atoms with Crippen molar-refractivity contribution in [2.45, 2.75) is 223 Å². The Labute approximate surface area is 614 Å². The van der Waals surface area contributed by atoms with Crippen LogP contribution >= 0.6 is 16.3 Å². The van der Waals surface area contributed by atoms with Crippen LogP contribution < -0.4 is 39.7 Å². The van der Waals surface area contributed by atoms with Crippen molar-refractivity contribution in [2.75, 3.05) is 13.2 Å². The van der Waals surface area contributed by atoms with Crippen molar-refractivity contribution in [2.24, 2.45) is 35.5 Å². The van der Waals surface area contributed by atoms with E-state index < -0.39 is 16.3 Å². The van der Waals surface area contributed by atoms with Crippen molar-refractivity contribution in [3.63, 3.8) is 0 Å². The molecule has 6 atom stereocenters. The Morgan fingerprint density at radius 2 is 0.598 bits per heavy atom. The zero-order valence-electron chi connectivity index (χ0n) is 64.4. The van der Waals surface area contributed by atoms with Gasteiger partial charge in [-0.2, -0.15) is 0 Å². The Kier molecular flexibility index (Phi) is 23.8. The van der Waals surface area contributed by atoms with E-state index in [1.165, 1.54) is 0 Å². The third kappa shape index (κ3) is 18.6. The summed E-state index contributed by atoms with van der Waals surface area (Å²) in [6.07, 6.45) is 7.12. The Bertz CT molecular complexity index is 3730. The topological polar surface area (TPSA) is 89.5 Å². The smallest absolute Gasteiger partial charge is 0.344 e. The summed E-state index contributed by atoms with van der Waals surface area (Å²) >= 11 is 0. The van der Waals surface area contributed by atoms with E-state index in [-0.39, 0.29) is 70.9 Å². The highest BCUT2D eigenvalue weighted by Gasteiger charge is 2.38. The van der Waals surface area contributed by atoms with E-state index in [1.54, 1.807) is 0 Å². The summed E-state index contributed by atoms with van der Waals surface area (Å²) in [5.41, 5.74) is 10.9. The lowest BCUT2D eigenvalue weighted by Crippen LogP contribution is -2.37. The molecule has 2 saturated carbocycles. The first-order valence-corrected chi connectivity index (χ1v) is 40.3.